The third-order valence-corrected chi connectivity index (χ3v) is 3.78. The molecule has 0 aliphatic heterocycles. The summed E-state index contributed by atoms with van der Waals surface area (Å²) in [5.74, 6) is 0. The van der Waals surface area contributed by atoms with Gasteiger partial charge in [-0.05, 0) is 36.1 Å². The highest BCUT2D eigenvalue weighted by molar-refractivity contribution is 7.98. The van der Waals surface area contributed by atoms with Crippen molar-refractivity contribution in [3.8, 4) is 0 Å². The van der Waals surface area contributed by atoms with Gasteiger partial charge in [0.2, 0.25) is 0 Å². The summed E-state index contributed by atoms with van der Waals surface area (Å²) in [5.41, 5.74) is 1.87. The van der Waals surface area contributed by atoms with E-state index in [0.29, 0.717) is 22.1 Å². The number of thioether (sulfide) groups is 1. The number of hydrogen-bond donors (Lipinski definition) is 1. The van der Waals surface area contributed by atoms with E-state index in [2.05, 4.69) is 4.98 Å². The van der Waals surface area contributed by atoms with Crippen LogP contribution in [0.2, 0.25) is 0 Å². The third-order valence-electron chi connectivity index (χ3n) is 3.06. The Morgan fingerprint density at radius 2 is 2.16 bits per heavy atom. The van der Waals surface area contributed by atoms with E-state index in [1.54, 1.807) is 30.1 Å². The van der Waals surface area contributed by atoms with Gasteiger partial charge in [0, 0.05) is 11.1 Å². The summed E-state index contributed by atoms with van der Waals surface area (Å²) in [6.45, 7) is -0.0920. The van der Waals surface area contributed by atoms with Gasteiger partial charge >= 0.3 is 0 Å². The molecule has 0 bridgehead atoms. The van der Waals surface area contributed by atoms with Crippen molar-refractivity contribution in [2.24, 2.45) is 0 Å². The minimum Gasteiger partial charge on any atom is -0.392 e. The molecule has 0 saturated heterocycles. The van der Waals surface area contributed by atoms with Crippen molar-refractivity contribution in [1.82, 2.24) is 9.38 Å². The lowest BCUT2D eigenvalue weighted by molar-refractivity contribution is 0.281. The van der Waals surface area contributed by atoms with E-state index in [9.17, 15) is 4.79 Å². The second kappa shape index (κ2) is 4.68. The second-order valence-electron chi connectivity index (χ2n) is 4.22. The fraction of sp³-hybridized carbons (Fsp3) is 0.143. The summed E-state index contributed by atoms with van der Waals surface area (Å²) in [6.07, 6.45) is 3.60. The molecule has 2 heterocycles. The lowest BCUT2D eigenvalue weighted by Gasteiger charge is -2.05. The highest BCUT2D eigenvalue weighted by atomic mass is 32.2. The van der Waals surface area contributed by atoms with E-state index in [4.69, 9.17) is 5.11 Å². The predicted octanol–water partition coefficient (Wildman–Crippen LogP) is 2.06. The molecule has 19 heavy (non-hydrogen) atoms. The molecule has 4 nitrogen and oxygen atoms in total. The molecule has 0 aliphatic carbocycles. The van der Waals surface area contributed by atoms with Crippen LogP contribution in [0.25, 0.3) is 16.6 Å². The van der Waals surface area contributed by atoms with Crippen LogP contribution in [0.1, 0.15) is 5.56 Å². The number of aliphatic hydroxyl groups excluding tert-OH is 1. The van der Waals surface area contributed by atoms with Crippen molar-refractivity contribution in [1.29, 1.82) is 0 Å². The number of nitrogens with zero attached hydrogens (tertiary/aromatic N) is 2. The summed E-state index contributed by atoms with van der Waals surface area (Å²) in [7, 11) is 0. The van der Waals surface area contributed by atoms with Crippen molar-refractivity contribution >= 4 is 28.3 Å². The average Bonchev–Trinajstić information content (AvgIpc) is 2.47. The van der Waals surface area contributed by atoms with Crippen LogP contribution in [-0.2, 0) is 6.61 Å². The molecular formula is C14H12N2O2S. The van der Waals surface area contributed by atoms with E-state index in [0.717, 1.165) is 4.90 Å². The van der Waals surface area contributed by atoms with Gasteiger partial charge in [-0.15, -0.1) is 11.8 Å². The van der Waals surface area contributed by atoms with Gasteiger partial charge in [-0.1, -0.05) is 6.07 Å². The maximum Gasteiger partial charge on any atom is 0.265 e. The van der Waals surface area contributed by atoms with Gasteiger partial charge in [0.15, 0.2) is 0 Å². The maximum absolute atomic E-state index is 12.5. The smallest absolute Gasteiger partial charge is 0.265 e. The topological polar surface area (TPSA) is 54.6 Å². The minimum atomic E-state index is -0.105. The standard InChI is InChI=1S/C14H12N2O2S/c1-19-10-3-4-12-11(6-10)14(18)16-7-9(8-17)2-5-13(16)15-12/h2-7,17H,8H2,1H3. The zero-order valence-corrected chi connectivity index (χ0v) is 11.1. The molecule has 3 rings (SSSR count). The van der Waals surface area contributed by atoms with Gasteiger partial charge in [-0.25, -0.2) is 4.98 Å². The minimum absolute atomic E-state index is 0.0920. The van der Waals surface area contributed by atoms with Crippen LogP contribution in [0.5, 0.6) is 0 Å². The highest BCUT2D eigenvalue weighted by Crippen LogP contribution is 2.19. The summed E-state index contributed by atoms with van der Waals surface area (Å²) in [6, 6.07) is 9.19. The van der Waals surface area contributed by atoms with Crippen molar-refractivity contribution in [2.45, 2.75) is 11.5 Å². The molecule has 1 aromatic carbocycles. The SMILES string of the molecule is CSc1ccc2nc3ccc(CO)cn3c(=O)c2c1. The van der Waals surface area contributed by atoms with E-state index in [1.807, 2.05) is 24.5 Å². The van der Waals surface area contributed by atoms with Crippen LogP contribution >= 0.6 is 11.8 Å². The predicted molar refractivity (Wildman–Crippen MR) is 76.7 cm³/mol. The maximum atomic E-state index is 12.5. The number of hydrogen-bond acceptors (Lipinski definition) is 4. The molecule has 0 aliphatic rings. The van der Waals surface area contributed by atoms with Crippen LogP contribution in [-0.4, -0.2) is 20.7 Å². The first-order valence-electron chi connectivity index (χ1n) is 5.83. The Kier molecular flexibility index (Phi) is 3.00. The van der Waals surface area contributed by atoms with E-state index in [1.165, 1.54) is 4.40 Å². The fourth-order valence-corrected chi connectivity index (χ4v) is 2.49. The largest absolute Gasteiger partial charge is 0.392 e. The number of aromatic nitrogens is 2. The molecule has 0 spiro atoms. The van der Waals surface area contributed by atoms with Crippen molar-refractivity contribution in [2.75, 3.05) is 6.26 Å². The number of fused-ring (bicyclic) bond motifs is 2. The van der Waals surface area contributed by atoms with E-state index >= 15 is 0 Å². The average molecular weight is 272 g/mol. The summed E-state index contributed by atoms with van der Waals surface area (Å²) >= 11 is 1.59. The van der Waals surface area contributed by atoms with E-state index < -0.39 is 0 Å². The summed E-state index contributed by atoms with van der Waals surface area (Å²) < 4.78 is 1.48. The first-order valence-corrected chi connectivity index (χ1v) is 7.05. The van der Waals surface area contributed by atoms with Crippen molar-refractivity contribution < 1.29 is 5.11 Å². The normalized spacial score (nSPS) is 11.3. The number of rotatable bonds is 2. The fourth-order valence-electron chi connectivity index (χ4n) is 2.05. The summed E-state index contributed by atoms with van der Waals surface area (Å²) in [5, 5.41) is 9.74. The Balaban J connectivity index is 2.43. The highest BCUT2D eigenvalue weighted by Gasteiger charge is 2.06. The molecule has 0 saturated carbocycles. The lowest BCUT2D eigenvalue weighted by Crippen LogP contribution is -2.15. The van der Waals surface area contributed by atoms with Gasteiger partial charge < -0.3 is 5.11 Å². The number of aliphatic hydroxyl groups is 1. The Labute approximate surface area is 113 Å². The van der Waals surface area contributed by atoms with Gasteiger partial charge in [0.1, 0.15) is 5.65 Å². The lowest BCUT2D eigenvalue weighted by atomic mass is 10.2. The van der Waals surface area contributed by atoms with Gasteiger partial charge in [-0.2, -0.15) is 0 Å². The molecule has 2 aromatic heterocycles. The van der Waals surface area contributed by atoms with E-state index in [-0.39, 0.29) is 12.2 Å². The molecule has 0 unspecified atom stereocenters. The molecule has 1 N–H and O–H groups in total. The molecule has 0 fully saturated rings. The molecular weight excluding hydrogens is 260 g/mol. The van der Waals surface area contributed by atoms with Gasteiger partial charge in [0.25, 0.3) is 5.56 Å². The first kappa shape index (κ1) is 12.2. The van der Waals surface area contributed by atoms with Crippen LogP contribution in [0.15, 0.2) is 46.2 Å². The molecule has 0 radical (unpaired) electrons. The first-order chi connectivity index (χ1) is 9.22. The Bertz CT molecular complexity index is 762. The Hall–Kier alpha value is -1.85. The number of benzene rings is 1. The summed E-state index contributed by atoms with van der Waals surface area (Å²) in [4.78, 5) is 17.9. The van der Waals surface area contributed by atoms with Crippen molar-refractivity contribution in [3.63, 3.8) is 0 Å². The van der Waals surface area contributed by atoms with Crippen LogP contribution in [0.4, 0.5) is 0 Å². The Morgan fingerprint density at radius 1 is 1.32 bits per heavy atom. The second-order valence-corrected chi connectivity index (χ2v) is 5.10. The zero-order chi connectivity index (χ0) is 13.4. The van der Waals surface area contributed by atoms with Gasteiger partial charge in [0.05, 0.1) is 17.5 Å². The quantitative estimate of drug-likeness (QED) is 0.573. The third kappa shape index (κ3) is 2.01. The zero-order valence-electron chi connectivity index (χ0n) is 10.3. The van der Waals surface area contributed by atoms with Gasteiger partial charge in [-0.3, -0.25) is 9.20 Å². The van der Waals surface area contributed by atoms with Crippen molar-refractivity contribution in [3.05, 3.63) is 52.4 Å². The van der Waals surface area contributed by atoms with Crippen LogP contribution in [0.3, 0.4) is 0 Å². The molecule has 96 valence electrons. The van der Waals surface area contributed by atoms with Crippen LogP contribution in [0, 0.1) is 0 Å². The molecule has 5 heteroatoms. The Morgan fingerprint density at radius 3 is 2.89 bits per heavy atom. The molecule has 3 aromatic rings. The van der Waals surface area contributed by atoms with Crippen LogP contribution < -0.4 is 5.56 Å². The monoisotopic (exact) mass is 272 g/mol. The number of pyridine rings is 1. The molecule has 0 amide bonds. The molecule has 0 atom stereocenters.